The third-order valence-electron chi connectivity index (χ3n) is 4.75. The van der Waals surface area contributed by atoms with Gasteiger partial charge in [0.2, 0.25) is 10.0 Å². The summed E-state index contributed by atoms with van der Waals surface area (Å²) in [5.41, 5.74) is 0.534. The number of nitrogens with zero attached hydrogens (tertiary/aromatic N) is 2. The standard InChI is InChI=1S/C19H32N2O3S/c1-6-16(7-2)15-20(8-3)19(22)17-11-13-18(14-12-17)25(23,24)21(9-4)10-5/h11-14,16H,6-10,15H2,1-5H3. The Labute approximate surface area is 153 Å². The molecule has 1 aromatic carbocycles. The number of hydrogen-bond acceptors (Lipinski definition) is 3. The Balaban J connectivity index is 2.99. The lowest BCUT2D eigenvalue weighted by molar-refractivity contribution is 0.0735. The predicted octanol–water partition coefficient (Wildman–Crippen LogP) is 3.62. The molecule has 0 atom stereocenters. The van der Waals surface area contributed by atoms with Crippen LogP contribution in [0, 0.1) is 5.92 Å². The van der Waals surface area contributed by atoms with Gasteiger partial charge < -0.3 is 4.90 Å². The van der Waals surface area contributed by atoms with Crippen LogP contribution in [0.1, 0.15) is 57.8 Å². The maximum absolute atomic E-state index is 12.7. The molecule has 0 N–H and O–H groups in total. The molecule has 1 aromatic rings. The molecule has 0 aliphatic rings. The van der Waals surface area contributed by atoms with Gasteiger partial charge in [0.1, 0.15) is 0 Å². The van der Waals surface area contributed by atoms with E-state index in [4.69, 9.17) is 0 Å². The van der Waals surface area contributed by atoms with Crippen LogP contribution < -0.4 is 0 Å². The number of rotatable bonds is 10. The van der Waals surface area contributed by atoms with Crippen LogP contribution in [0.5, 0.6) is 0 Å². The van der Waals surface area contributed by atoms with Crippen LogP contribution in [0.3, 0.4) is 0 Å². The molecule has 0 fully saturated rings. The third kappa shape index (κ3) is 5.28. The Morgan fingerprint density at radius 1 is 0.920 bits per heavy atom. The van der Waals surface area contributed by atoms with Gasteiger partial charge in [-0.3, -0.25) is 4.79 Å². The highest BCUT2D eigenvalue weighted by Crippen LogP contribution is 2.18. The van der Waals surface area contributed by atoms with E-state index in [0.717, 1.165) is 19.4 Å². The Hall–Kier alpha value is -1.40. The molecule has 0 unspecified atom stereocenters. The zero-order valence-corrected chi connectivity index (χ0v) is 17.0. The van der Waals surface area contributed by atoms with E-state index in [1.54, 1.807) is 12.1 Å². The fraction of sp³-hybridized carbons (Fsp3) is 0.632. The molecule has 0 aromatic heterocycles. The number of carbonyl (C=O) groups is 1. The molecule has 0 aliphatic heterocycles. The van der Waals surface area contributed by atoms with Crippen LogP contribution in [0.2, 0.25) is 0 Å². The van der Waals surface area contributed by atoms with Crippen molar-refractivity contribution in [3.8, 4) is 0 Å². The highest BCUT2D eigenvalue weighted by atomic mass is 32.2. The smallest absolute Gasteiger partial charge is 0.253 e. The third-order valence-corrected chi connectivity index (χ3v) is 6.81. The minimum Gasteiger partial charge on any atom is -0.339 e. The van der Waals surface area contributed by atoms with Crippen molar-refractivity contribution in [2.24, 2.45) is 5.92 Å². The fourth-order valence-electron chi connectivity index (χ4n) is 2.88. The summed E-state index contributed by atoms with van der Waals surface area (Å²) < 4.78 is 26.5. The lowest BCUT2D eigenvalue weighted by atomic mass is 10.0. The van der Waals surface area contributed by atoms with Gasteiger partial charge in [-0.05, 0) is 37.1 Å². The second-order valence-corrected chi connectivity index (χ2v) is 8.08. The molecule has 0 bridgehead atoms. The van der Waals surface area contributed by atoms with E-state index < -0.39 is 10.0 Å². The molecule has 0 heterocycles. The molecular weight excluding hydrogens is 336 g/mol. The fourth-order valence-corrected chi connectivity index (χ4v) is 4.34. The highest BCUT2D eigenvalue weighted by molar-refractivity contribution is 7.89. The summed E-state index contributed by atoms with van der Waals surface area (Å²) in [7, 11) is -3.49. The maximum Gasteiger partial charge on any atom is 0.253 e. The largest absolute Gasteiger partial charge is 0.339 e. The monoisotopic (exact) mass is 368 g/mol. The van der Waals surface area contributed by atoms with E-state index in [9.17, 15) is 13.2 Å². The second kappa shape index (κ2) is 9.92. The number of hydrogen-bond donors (Lipinski definition) is 0. The van der Waals surface area contributed by atoms with E-state index in [0.29, 0.717) is 31.1 Å². The van der Waals surface area contributed by atoms with Crippen LogP contribution in [-0.2, 0) is 10.0 Å². The van der Waals surface area contributed by atoms with Gasteiger partial charge in [0.25, 0.3) is 5.91 Å². The van der Waals surface area contributed by atoms with Crippen molar-refractivity contribution in [1.82, 2.24) is 9.21 Å². The van der Waals surface area contributed by atoms with Crippen LogP contribution in [0.15, 0.2) is 29.2 Å². The number of amides is 1. The van der Waals surface area contributed by atoms with Gasteiger partial charge in [-0.2, -0.15) is 4.31 Å². The quantitative estimate of drug-likeness (QED) is 0.634. The minimum absolute atomic E-state index is 0.0406. The zero-order valence-electron chi connectivity index (χ0n) is 16.2. The molecule has 0 saturated carbocycles. The van der Waals surface area contributed by atoms with Crippen molar-refractivity contribution in [3.63, 3.8) is 0 Å². The average Bonchev–Trinajstić information content (AvgIpc) is 2.63. The van der Waals surface area contributed by atoms with E-state index >= 15 is 0 Å². The predicted molar refractivity (Wildman–Crippen MR) is 102 cm³/mol. The van der Waals surface area contributed by atoms with Crippen molar-refractivity contribution >= 4 is 15.9 Å². The lowest BCUT2D eigenvalue weighted by Crippen LogP contribution is -2.35. The summed E-state index contributed by atoms with van der Waals surface area (Å²) in [5.74, 6) is 0.451. The number of carbonyl (C=O) groups excluding carboxylic acids is 1. The van der Waals surface area contributed by atoms with Crippen LogP contribution in [0.25, 0.3) is 0 Å². The molecule has 0 aliphatic carbocycles. The second-order valence-electron chi connectivity index (χ2n) is 6.14. The summed E-state index contributed by atoms with van der Waals surface area (Å²) >= 11 is 0. The summed E-state index contributed by atoms with van der Waals surface area (Å²) in [6.45, 7) is 12.1. The van der Waals surface area contributed by atoms with E-state index in [1.165, 1.54) is 16.4 Å². The molecule has 0 radical (unpaired) electrons. The molecule has 5 nitrogen and oxygen atoms in total. The summed E-state index contributed by atoms with van der Waals surface area (Å²) in [5, 5.41) is 0. The Morgan fingerprint density at radius 2 is 1.44 bits per heavy atom. The SMILES string of the molecule is CCC(CC)CN(CC)C(=O)c1ccc(S(=O)(=O)N(CC)CC)cc1. The normalized spacial score (nSPS) is 12.0. The molecule has 1 rings (SSSR count). The Morgan fingerprint density at radius 3 is 1.84 bits per heavy atom. The molecule has 0 saturated heterocycles. The van der Waals surface area contributed by atoms with E-state index in [1.807, 2.05) is 25.7 Å². The summed E-state index contributed by atoms with van der Waals surface area (Å²) in [6.07, 6.45) is 2.09. The summed E-state index contributed by atoms with van der Waals surface area (Å²) in [4.78, 5) is 14.8. The number of sulfonamides is 1. The van der Waals surface area contributed by atoms with Crippen LogP contribution >= 0.6 is 0 Å². The van der Waals surface area contributed by atoms with Gasteiger partial charge in [0.05, 0.1) is 4.90 Å². The van der Waals surface area contributed by atoms with Crippen LogP contribution in [0.4, 0.5) is 0 Å². The Bertz CT molecular complexity index is 633. The highest BCUT2D eigenvalue weighted by Gasteiger charge is 2.23. The van der Waals surface area contributed by atoms with Gasteiger partial charge in [-0.1, -0.05) is 40.5 Å². The molecule has 1 amide bonds. The Kier molecular flexibility index (Phi) is 8.59. The summed E-state index contributed by atoms with van der Waals surface area (Å²) in [6, 6.07) is 6.31. The maximum atomic E-state index is 12.7. The van der Waals surface area contributed by atoms with E-state index in [-0.39, 0.29) is 10.8 Å². The molecule has 6 heteroatoms. The first-order chi connectivity index (χ1) is 11.8. The van der Waals surface area contributed by atoms with Crippen molar-refractivity contribution < 1.29 is 13.2 Å². The van der Waals surface area contributed by atoms with Gasteiger partial charge >= 0.3 is 0 Å². The molecule has 25 heavy (non-hydrogen) atoms. The van der Waals surface area contributed by atoms with Gasteiger partial charge in [0.15, 0.2) is 0 Å². The first kappa shape index (κ1) is 21.6. The van der Waals surface area contributed by atoms with Gasteiger partial charge in [-0.15, -0.1) is 0 Å². The average molecular weight is 369 g/mol. The van der Waals surface area contributed by atoms with Crippen molar-refractivity contribution in [1.29, 1.82) is 0 Å². The minimum atomic E-state index is -3.49. The van der Waals surface area contributed by atoms with Crippen molar-refractivity contribution in [2.75, 3.05) is 26.2 Å². The molecular formula is C19H32N2O3S. The van der Waals surface area contributed by atoms with E-state index in [2.05, 4.69) is 13.8 Å². The number of benzene rings is 1. The topological polar surface area (TPSA) is 57.7 Å². The first-order valence-electron chi connectivity index (χ1n) is 9.24. The van der Waals surface area contributed by atoms with Gasteiger partial charge in [0, 0.05) is 31.7 Å². The van der Waals surface area contributed by atoms with Crippen LogP contribution in [-0.4, -0.2) is 49.7 Å². The lowest BCUT2D eigenvalue weighted by Gasteiger charge is -2.25. The molecule has 142 valence electrons. The van der Waals surface area contributed by atoms with Crippen molar-refractivity contribution in [3.05, 3.63) is 29.8 Å². The zero-order chi connectivity index (χ0) is 19.0. The molecule has 0 spiro atoms. The first-order valence-corrected chi connectivity index (χ1v) is 10.7. The van der Waals surface area contributed by atoms with Gasteiger partial charge in [-0.25, -0.2) is 8.42 Å². The van der Waals surface area contributed by atoms with Crippen molar-refractivity contribution in [2.45, 2.75) is 52.4 Å².